The van der Waals surface area contributed by atoms with Gasteiger partial charge in [0.1, 0.15) is 5.75 Å². The number of aliphatic hydroxyl groups excluding tert-OH is 1. The normalized spacial score (nSPS) is 10.8. The van der Waals surface area contributed by atoms with Gasteiger partial charge in [-0.05, 0) is 51.8 Å². The van der Waals surface area contributed by atoms with E-state index in [0.717, 1.165) is 10.0 Å². The summed E-state index contributed by atoms with van der Waals surface area (Å²) in [4.78, 5) is 24.9. The Balaban J connectivity index is 1.84. The van der Waals surface area contributed by atoms with Crippen molar-refractivity contribution in [2.75, 3.05) is 19.0 Å². The summed E-state index contributed by atoms with van der Waals surface area (Å²) in [6, 6.07) is 12.4. The van der Waals surface area contributed by atoms with Crippen molar-refractivity contribution in [1.82, 2.24) is 4.57 Å². The van der Waals surface area contributed by atoms with Crippen molar-refractivity contribution in [2.24, 2.45) is 0 Å². The fourth-order valence-corrected chi connectivity index (χ4v) is 3.50. The Bertz CT molecular complexity index is 1050. The number of ether oxygens (including phenoxy) is 1. The van der Waals surface area contributed by atoms with Crippen molar-refractivity contribution in [3.63, 3.8) is 0 Å². The predicted octanol–water partition coefficient (Wildman–Crippen LogP) is 2.95. The molecule has 140 valence electrons. The van der Waals surface area contributed by atoms with Crippen molar-refractivity contribution < 1.29 is 14.6 Å². The summed E-state index contributed by atoms with van der Waals surface area (Å²) in [6.07, 6.45) is 1.82. The lowest BCUT2D eigenvalue weighted by molar-refractivity contribution is -0.115. The van der Waals surface area contributed by atoms with Gasteiger partial charge >= 0.3 is 0 Å². The Kier molecular flexibility index (Phi) is 5.93. The van der Waals surface area contributed by atoms with E-state index in [9.17, 15) is 9.59 Å². The second-order valence-corrected chi connectivity index (χ2v) is 6.85. The summed E-state index contributed by atoms with van der Waals surface area (Å²) in [6.45, 7) is 0.122. The molecule has 6 nitrogen and oxygen atoms in total. The molecule has 3 aromatic rings. The van der Waals surface area contributed by atoms with Gasteiger partial charge in [0, 0.05) is 29.2 Å². The number of amides is 1. The number of halogens is 1. The summed E-state index contributed by atoms with van der Waals surface area (Å²) >= 11 is 3.41. The van der Waals surface area contributed by atoms with Crippen LogP contribution in [0.2, 0.25) is 0 Å². The first kappa shape index (κ1) is 19.1. The van der Waals surface area contributed by atoms with Gasteiger partial charge in [0.25, 0.3) is 5.56 Å². The Morgan fingerprint density at radius 2 is 2.04 bits per heavy atom. The summed E-state index contributed by atoms with van der Waals surface area (Å²) in [5.41, 5.74) is 1.22. The standard InChI is InChI=1S/C20H19BrN2O4/c1-27-18-6-5-13(11-16(18)21)12-19(25)22-17-4-2-3-15-14(17)7-8-23(9-10-24)20(15)26/h2-8,11,24H,9-10,12H2,1H3,(H,22,25). The first-order chi connectivity index (χ1) is 13.0. The number of carbonyl (C=O) groups is 1. The molecule has 0 bridgehead atoms. The highest BCUT2D eigenvalue weighted by atomic mass is 79.9. The van der Waals surface area contributed by atoms with Gasteiger partial charge in [-0.15, -0.1) is 0 Å². The van der Waals surface area contributed by atoms with E-state index in [1.807, 2.05) is 12.1 Å². The van der Waals surface area contributed by atoms with Gasteiger partial charge in [0.2, 0.25) is 5.91 Å². The molecule has 0 saturated carbocycles. The number of aromatic nitrogens is 1. The number of fused-ring (bicyclic) bond motifs is 1. The molecule has 0 spiro atoms. The smallest absolute Gasteiger partial charge is 0.258 e. The predicted molar refractivity (Wildman–Crippen MR) is 108 cm³/mol. The summed E-state index contributed by atoms with van der Waals surface area (Å²) in [5, 5.41) is 13.1. The van der Waals surface area contributed by atoms with E-state index in [0.29, 0.717) is 22.2 Å². The number of nitrogens with zero attached hydrogens (tertiary/aromatic N) is 1. The van der Waals surface area contributed by atoms with Gasteiger partial charge in [-0.1, -0.05) is 12.1 Å². The summed E-state index contributed by atoms with van der Waals surface area (Å²) in [5.74, 6) is 0.520. The minimum atomic E-state index is -0.197. The maximum Gasteiger partial charge on any atom is 0.258 e. The zero-order valence-corrected chi connectivity index (χ0v) is 16.3. The van der Waals surface area contributed by atoms with E-state index in [1.54, 1.807) is 43.6 Å². The highest BCUT2D eigenvalue weighted by Crippen LogP contribution is 2.26. The van der Waals surface area contributed by atoms with Gasteiger partial charge in [-0.25, -0.2) is 0 Å². The lowest BCUT2D eigenvalue weighted by Gasteiger charge is -2.11. The first-order valence-electron chi connectivity index (χ1n) is 8.39. The highest BCUT2D eigenvalue weighted by molar-refractivity contribution is 9.10. The van der Waals surface area contributed by atoms with E-state index in [4.69, 9.17) is 9.84 Å². The average molecular weight is 431 g/mol. The molecule has 2 aromatic carbocycles. The molecule has 1 aromatic heterocycles. The third-order valence-corrected chi connectivity index (χ3v) is 4.83. The molecule has 1 amide bonds. The molecular formula is C20H19BrN2O4. The second kappa shape index (κ2) is 8.37. The molecule has 0 fully saturated rings. The quantitative estimate of drug-likeness (QED) is 0.629. The number of rotatable bonds is 6. The third kappa shape index (κ3) is 4.20. The molecule has 0 aliphatic rings. The third-order valence-electron chi connectivity index (χ3n) is 4.21. The Hall–Kier alpha value is -2.64. The number of pyridine rings is 1. The van der Waals surface area contributed by atoms with Crippen molar-refractivity contribution in [3.8, 4) is 5.75 Å². The SMILES string of the molecule is COc1ccc(CC(=O)Nc2cccc3c(=O)n(CCO)ccc23)cc1Br. The molecule has 3 rings (SSSR count). The van der Waals surface area contributed by atoms with E-state index in [1.165, 1.54) is 4.57 Å². The molecule has 0 saturated heterocycles. The van der Waals surface area contributed by atoms with Crippen LogP contribution in [0.3, 0.4) is 0 Å². The van der Waals surface area contributed by atoms with E-state index in [-0.39, 0.29) is 31.0 Å². The number of hydrogen-bond donors (Lipinski definition) is 2. The molecule has 0 radical (unpaired) electrons. The monoisotopic (exact) mass is 430 g/mol. The molecule has 0 aliphatic heterocycles. The number of carbonyl (C=O) groups excluding carboxylic acids is 1. The fraction of sp³-hybridized carbons (Fsp3) is 0.200. The highest BCUT2D eigenvalue weighted by Gasteiger charge is 2.11. The van der Waals surface area contributed by atoms with Gasteiger partial charge in [0.15, 0.2) is 0 Å². The topological polar surface area (TPSA) is 80.6 Å². The zero-order chi connectivity index (χ0) is 19.4. The van der Waals surface area contributed by atoms with Gasteiger partial charge in [0.05, 0.1) is 24.6 Å². The Morgan fingerprint density at radius 1 is 1.22 bits per heavy atom. The number of hydrogen-bond acceptors (Lipinski definition) is 4. The summed E-state index contributed by atoms with van der Waals surface area (Å²) in [7, 11) is 1.58. The first-order valence-corrected chi connectivity index (χ1v) is 9.18. The van der Waals surface area contributed by atoms with Crippen molar-refractivity contribution in [1.29, 1.82) is 0 Å². The average Bonchev–Trinajstić information content (AvgIpc) is 2.65. The largest absolute Gasteiger partial charge is 0.496 e. The molecule has 0 aliphatic carbocycles. The van der Waals surface area contributed by atoms with Crippen LogP contribution in [0, 0.1) is 0 Å². The van der Waals surface area contributed by atoms with Crippen LogP contribution < -0.4 is 15.6 Å². The molecular weight excluding hydrogens is 412 g/mol. The Morgan fingerprint density at radius 3 is 2.74 bits per heavy atom. The van der Waals surface area contributed by atoms with E-state index < -0.39 is 0 Å². The number of anilines is 1. The van der Waals surface area contributed by atoms with Crippen LogP contribution in [-0.2, 0) is 17.8 Å². The maximum atomic E-state index is 12.5. The number of aliphatic hydroxyl groups is 1. The van der Waals surface area contributed by atoms with Gasteiger partial charge in [-0.2, -0.15) is 0 Å². The van der Waals surface area contributed by atoms with Crippen LogP contribution in [-0.4, -0.2) is 29.3 Å². The summed E-state index contributed by atoms with van der Waals surface area (Å²) < 4.78 is 7.42. The Labute approximate surface area is 164 Å². The maximum absolute atomic E-state index is 12.5. The number of nitrogens with one attached hydrogen (secondary N) is 1. The lowest BCUT2D eigenvalue weighted by atomic mass is 10.1. The fourth-order valence-electron chi connectivity index (χ4n) is 2.91. The second-order valence-electron chi connectivity index (χ2n) is 6.00. The van der Waals surface area contributed by atoms with Crippen LogP contribution in [0.5, 0.6) is 5.75 Å². The molecule has 1 heterocycles. The van der Waals surface area contributed by atoms with Crippen molar-refractivity contribution >= 4 is 38.3 Å². The van der Waals surface area contributed by atoms with Gasteiger partial charge < -0.3 is 19.7 Å². The number of benzene rings is 2. The van der Waals surface area contributed by atoms with Crippen LogP contribution in [0.15, 0.2) is 57.9 Å². The lowest BCUT2D eigenvalue weighted by Crippen LogP contribution is -2.21. The number of methoxy groups -OCH3 is 1. The molecule has 2 N–H and O–H groups in total. The molecule has 0 atom stereocenters. The van der Waals surface area contributed by atoms with Crippen molar-refractivity contribution in [3.05, 3.63) is 69.1 Å². The molecule has 0 unspecified atom stereocenters. The minimum Gasteiger partial charge on any atom is -0.496 e. The van der Waals surface area contributed by atoms with Crippen LogP contribution in [0.1, 0.15) is 5.56 Å². The van der Waals surface area contributed by atoms with E-state index >= 15 is 0 Å². The van der Waals surface area contributed by atoms with Crippen LogP contribution in [0.25, 0.3) is 10.8 Å². The zero-order valence-electron chi connectivity index (χ0n) is 14.7. The minimum absolute atomic E-state index is 0.112. The van der Waals surface area contributed by atoms with Gasteiger partial charge in [-0.3, -0.25) is 9.59 Å². The van der Waals surface area contributed by atoms with Crippen LogP contribution >= 0.6 is 15.9 Å². The molecule has 27 heavy (non-hydrogen) atoms. The van der Waals surface area contributed by atoms with E-state index in [2.05, 4.69) is 21.2 Å². The molecule has 7 heteroatoms. The van der Waals surface area contributed by atoms with Crippen molar-refractivity contribution in [2.45, 2.75) is 13.0 Å². The van der Waals surface area contributed by atoms with Crippen LogP contribution in [0.4, 0.5) is 5.69 Å².